The maximum Gasteiger partial charge on any atom is 0.113 e. The molecule has 1 rings (SSSR count). The van der Waals surface area contributed by atoms with Crippen LogP contribution in [-0.4, -0.2) is 19.8 Å². The molecule has 0 amide bonds. The Morgan fingerprint density at radius 2 is 2.00 bits per heavy atom. The number of hydrogen-bond donors (Lipinski definition) is 1. The fraction of sp³-hybridized carbons (Fsp3) is 1.00. The van der Waals surface area contributed by atoms with E-state index in [0.29, 0.717) is 12.5 Å². The van der Waals surface area contributed by atoms with Crippen LogP contribution in [0.1, 0.15) is 38.5 Å². The number of halogens is 1. The molecular formula is C10H20FN. The Labute approximate surface area is 74.7 Å². The van der Waals surface area contributed by atoms with Crippen molar-refractivity contribution in [2.24, 2.45) is 5.92 Å². The van der Waals surface area contributed by atoms with Crippen molar-refractivity contribution in [3.05, 3.63) is 0 Å². The van der Waals surface area contributed by atoms with Gasteiger partial charge in [0.05, 0.1) is 0 Å². The highest BCUT2D eigenvalue weighted by molar-refractivity contribution is 4.70. The van der Waals surface area contributed by atoms with E-state index in [2.05, 4.69) is 5.32 Å². The summed E-state index contributed by atoms with van der Waals surface area (Å²) in [4.78, 5) is 0. The third kappa shape index (κ3) is 3.53. The number of rotatable bonds is 4. The summed E-state index contributed by atoms with van der Waals surface area (Å²) in [5, 5.41) is 2.88. The minimum atomic E-state index is -0.627. The molecule has 0 radical (unpaired) electrons. The molecule has 2 heteroatoms. The summed E-state index contributed by atoms with van der Waals surface area (Å²) in [5.41, 5.74) is 0. The lowest BCUT2D eigenvalue weighted by Crippen LogP contribution is -2.23. The van der Waals surface area contributed by atoms with Crippen LogP contribution in [0.5, 0.6) is 0 Å². The van der Waals surface area contributed by atoms with Crippen LogP contribution in [0.25, 0.3) is 0 Å². The van der Waals surface area contributed by atoms with Gasteiger partial charge >= 0.3 is 0 Å². The van der Waals surface area contributed by atoms with Crippen LogP contribution in [0.15, 0.2) is 0 Å². The first-order valence-electron chi connectivity index (χ1n) is 5.11. The summed E-state index contributed by atoms with van der Waals surface area (Å²) < 4.78 is 13.1. The Hall–Kier alpha value is -0.110. The Morgan fingerprint density at radius 1 is 1.33 bits per heavy atom. The summed E-state index contributed by atoms with van der Waals surface area (Å²) in [7, 11) is 1.81. The first-order chi connectivity index (χ1) is 5.83. The fourth-order valence-corrected chi connectivity index (χ4v) is 2.09. The summed E-state index contributed by atoms with van der Waals surface area (Å²) in [6.07, 6.45) is 6.65. The summed E-state index contributed by atoms with van der Waals surface area (Å²) in [6, 6.07) is 0. The fourth-order valence-electron chi connectivity index (χ4n) is 2.09. The van der Waals surface area contributed by atoms with Crippen LogP contribution < -0.4 is 5.32 Å². The van der Waals surface area contributed by atoms with Gasteiger partial charge in [0, 0.05) is 6.54 Å². The lowest BCUT2D eigenvalue weighted by Gasteiger charge is -2.22. The van der Waals surface area contributed by atoms with Crippen LogP contribution in [-0.2, 0) is 0 Å². The molecular weight excluding hydrogens is 153 g/mol. The van der Waals surface area contributed by atoms with Gasteiger partial charge in [-0.2, -0.15) is 0 Å². The molecule has 0 unspecified atom stereocenters. The molecule has 0 aromatic rings. The highest BCUT2D eigenvalue weighted by atomic mass is 19.1. The average Bonchev–Trinajstić information content (AvgIpc) is 2.06. The monoisotopic (exact) mass is 173 g/mol. The van der Waals surface area contributed by atoms with Crippen molar-refractivity contribution in [1.82, 2.24) is 5.32 Å². The molecule has 1 nitrogen and oxygen atoms in total. The van der Waals surface area contributed by atoms with E-state index in [1.54, 1.807) is 0 Å². The quantitative estimate of drug-likeness (QED) is 0.688. The SMILES string of the molecule is CNC[C@@H](F)CC1CCCCC1. The number of alkyl halides is 1. The molecule has 12 heavy (non-hydrogen) atoms. The molecule has 0 aliphatic heterocycles. The van der Waals surface area contributed by atoms with Gasteiger partial charge in [-0.3, -0.25) is 0 Å². The van der Waals surface area contributed by atoms with E-state index in [9.17, 15) is 4.39 Å². The van der Waals surface area contributed by atoms with Gasteiger partial charge in [-0.05, 0) is 19.4 Å². The molecule has 1 fully saturated rings. The summed E-state index contributed by atoms with van der Waals surface area (Å²) in [5.74, 6) is 0.669. The van der Waals surface area contributed by atoms with E-state index in [1.165, 1.54) is 32.1 Å². The molecule has 0 bridgehead atoms. The van der Waals surface area contributed by atoms with E-state index in [4.69, 9.17) is 0 Å². The highest BCUT2D eigenvalue weighted by Crippen LogP contribution is 2.27. The third-order valence-corrected chi connectivity index (χ3v) is 2.74. The molecule has 1 aliphatic carbocycles. The van der Waals surface area contributed by atoms with Gasteiger partial charge in [-0.25, -0.2) is 4.39 Å². The maximum absolute atomic E-state index is 13.1. The Kier molecular flexibility index (Phi) is 4.59. The average molecular weight is 173 g/mol. The molecule has 1 N–H and O–H groups in total. The smallest absolute Gasteiger partial charge is 0.113 e. The van der Waals surface area contributed by atoms with E-state index in [-0.39, 0.29) is 0 Å². The Bertz CT molecular complexity index is 110. The Balaban J connectivity index is 2.11. The molecule has 1 saturated carbocycles. The van der Waals surface area contributed by atoms with Crippen LogP contribution in [0.4, 0.5) is 4.39 Å². The second-order valence-corrected chi connectivity index (χ2v) is 3.89. The van der Waals surface area contributed by atoms with E-state index in [1.807, 2.05) is 7.05 Å². The van der Waals surface area contributed by atoms with Gasteiger partial charge in [-0.15, -0.1) is 0 Å². The highest BCUT2D eigenvalue weighted by Gasteiger charge is 2.17. The standard InChI is InChI=1S/C10H20FN/c1-12-8-10(11)7-9-5-3-2-4-6-9/h9-10,12H,2-8H2,1H3/t10-/m0/s1. The van der Waals surface area contributed by atoms with Crippen molar-refractivity contribution in [2.75, 3.05) is 13.6 Å². The van der Waals surface area contributed by atoms with Crippen LogP contribution in [0, 0.1) is 5.92 Å². The molecule has 0 spiro atoms. The minimum Gasteiger partial charge on any atom is -0.317 e. The van der Waals surface area contributed by atoms with Crippen molar-refractivity contribution in [3.63, 3.8) is 0 Å². The molecule has 0 heterocycles. The minimum absolute atomic E-state index is 0.524. The molecule has 1 atom stereocenters. The first-order valence-corrected chi connectivity index (χ1v) is 5.11. The van der Waals surface area contributed by atoms with Gasteiger partial charge in [-0.1, -0.05) is 32.1 Å². The largest absolute Gasteiger partial charge is 0.317 e. The summed E-state index contributed by atoms with van der Waals surface area (Å²) in [6.45, 7) is 0.524. The van der Waals surface area contributed by atoms with E-state index >= 15 is 0 Å². The van der Waals surface area contributed by atoms with Crippen LogP contribution >= 0.6 is 0 Å². The van der Waals surface area contributed by atoms with Gasteiger partial charge < -0.3 is 5.32 Å². The second kappa shape index (κ2) is 5.52. The molecule has 0 saturated heterocycles. The number of hydrogen-bond acceptors (Lipinski definition) is 1. The maximum atomic E-state index is 13.1. The number of nitrogens with one attached hydrogen (secondary N) is 1. The normalized spacial score (nSPS) is 22.5. The molecule has 1 aliphatic rings. The zero-order valence-corrected chi connectivity index (χ0v) is 7.98. The molecule has 0 aromatic carbocycles. The van der Waals surface area contributed by atoms with Gasteiger partial charge in [0.1, 0.15) is 6.17 Å². The first kappa shape index (κ1) is 9.97. The van der Waals surface area contributed by atoms with Crippen LogP contribution in [0.2, 0.25) is 0 Å². The molecule has 72 valence electrons. The predicted molar refractivity (Wildman–Crippen MR) is 50.0 cm³/mol. The lowest BCUT2D eigenvalue weighted by atomic mass is 9.86. The van der Waals surface area contributed by atoms with Crippen molar-refractivity contribution in [2.45, 2.75) is 44.7 Å². The zero-order valence-electron chi connectivity index (χ0n) is 7.98. The van der Waals surface area contributed by atoms with Crippen molar-refractivity contribution >= 4 is 0 Å². The zero-order chi connectivity index (χ0) is 8.81. The molecule has 0 aromatic heterocycles. The van der Waals surface area contributed by atoms with E-state index < -0.39 is 6.17 Å². The lowest BCUT2D eigenvalue weighted by molar-refractivity contribution is 0.228. The van der Waals surface area contributed by atoms with Crippen LogP contribution in [0.3, 0.4) is 0 Å². The van der Waals surface area contributed by atoms with Crippen molar-refractivity contribution in [1.29, 1.82) is 0 Å². The second-order valence-electron chi connectivity index (χ2n) is 3.89. The van der Waals surface area contributed by atoms with Gasteiger partial charge in [0.2, 0.25) is 0 Å². The Morgan fingerprint density at radius 3 is 2.58 bits per heavy atom. The summed E-state index contributed by atoms with van der Waals surface area (Å²) >= 11 is 0. The van der Waals surface area contributed by atoms with Gasteiger partial charge in [0.15, 0.2) is 0 Å². The topological polar surface area (TPSA) is 12.0 Å². The van der Waals surface area contributed by atoms with Crippen molar-refractivity contribution < 1.29 is 4.39 Å². The van der Waals surface area contributed by atoms with Crippen molar-refractivity contribution in [3.8, 4) is 0 Å². The third-order valence-electron chi connectivity index (χ3n) is 2.74. The predicted octanol–water partition coefficient (Wildman–Crippen LogP) is 2.51. The van der Waals surface area contributed by atoms with Gasteiger partial charge in [0.25, 0.3) is 0 Å². The van der Waals surface area contributed by atoms with E-state index in [0.717, 1.165) is 6.42 Å².